The molecular formula is C29H51NO3S. The Morgan fingerprint density at radius 3 is 1.74 bits per heavy atom. The molecule has 0 bridgehead atoms. The zero-order chi connectivity index (χ0) is 25.1. The molecule has 0 saturated heterocycles. The third-order valence-electron chi connectivity index (χ3n) is 6.61. The fourth-order valence-corrected chi connectivity index (χ4v) is 5.03. The minimum Gasteiger partial charge on any atom is -0.298 e. The summed E-state index contributed by atoms with van der Waals surface area (Å²) in [6.45, 7) is 10.2. The summed E-state index contributed by atoms with van der Waals surface area (Å²) in [5.74, 6) is -0.221. The minimum absolute atomic E-state index is 0.221. The normalized spacial score (nSPS) is 11.9. The molecule has 0 atom stereocenters. The Morgan fingerprint density at radius 2 is 1.26 bits per heavy atom. The van der Waals surface area contributed by atoms with Crippen LogP contribution in [-0.4, -0.2) is 36.7 Å². The SMILES string of the molecule is C=C(C)c1ccccc1CN(CCCCCCCCCCCCCCCCC)CCS(=O)(=O)O. The molecule has 0 aliphatic carbocycles. The summed E-state index contributed by atoms with van der Waals surface area (Å²) in [5.41, 5.74) is 3.29. The van der Waals surface area contributed by atoms with Crippen LogP contribution in [0.3, 0.4) is 0 Å². The highest BCUT2D eigenvalue weighted by atomic mass is 32.2. The van der Waals surface area contributed by atoms with E-state index in [0.29, 0.717) is 13.1 Å². The third-order valence-corrected chi connectivity index (χ3v) is 7.31. The number of rotatable bonds is 22. The number of hydrogen-bond acceptors (Lipinski definition) is 3. The summed E-state index contributed by atoms with van der Waals surface area (Å²) >= 11 is 0. The molecule has 0 saturated carbocycles. The first-order valence-corrected chi connectivity index (χ1v) is 15.4. The van der Waals surface area contributed by atoms with Gasteiger partial charge in [-0.1, -0.05) is 133 Å². The molecule has 0 aliphatic rings. The lowest BCUT2D eigenvalue weighted by molar-refractivity contribution is 0.271. The molecule has 0 aliphatic heterocycles. The number of unbranched alkanes of at least 4 members (excludes halogenated alkanes) is 14. The molecule has 5 heteroatoms. The van der Waals surface area contributed by atoms with E-state index in [9.17, 15) is 13.0 Å². The van der Waals surface area contributed by atoms with Crippen LogP contribution in [0.5, 0.6) is 0 Å². The second-order valence-electron chi connectivity index (χ2n) is 9.95. The second-order valence-corrected chi connectivity index (χ2v) is 11.5. The van der Waals surface area contributed by atoms with Gasteiger partial charge in [-0.05, 0) is 31.0 Å². The van der Waals surface area contributed by atoms with Gasteiger partial charge in [-0.25, -0.2) is 0 Å². The number of nitrogens with zero attached hydrogens (tertiary/aromatic N) is 1. The quantitative estimate of drug-likeness (QED) is 0.130. The van der Waals surface area contributed by atoms with Crippen molar-refractivity contribution in [2.45, 2.75) is 117 Å². The average molecular weight is 494 g/mol. The lowest BCUT2D eigenvalue weighted by atomic mass is 10.0. The van der Waals surface area contributed by atoms with Crippen LogP contribution in [0.1, 0.15) is 121 Å². The lowest BCUT2D eigenvalue weighted by Crippen LogP contribution is -2.30. The van der Waals surface area contributed by atoms with Gasteiger partial charge in [0.15, 0.2) is 0 Å². The van der Waals surface area contributed by atoms with Gasteiger partial charge in [0.2, 0.25) is 0 Å². The number of allylic oxidation sites excluding steroid dienone is 1. The predicted molar refractivity (Wildman–Crippen MR) is 148 cm³/mol. The van der Waals surface area contributed by atoms with Crippen LogP contribution in [-0.2, 0) is 16.7 Å². The fourth-order valence-electron chi connectivity index (χ4n) is 4.54. The van der Waals surface area contributed by atoms with Crippen molar-refractivity contribution < 1.29 is 13.0 Å². The van der Waals surface area contributed by atoms with Gasteiger partial charge in [0.1, 0.15) is 0 Å². The first-order valence-electron chi connectivity index (χ1n) is 13.7. The fraction of sp³-hybridized carbons (Fsp3) is 0.724. The highest BCUT2D eigenvalue weighted by Crippen LogP contribution is 2.19. The first-order chi connectivity index (χ1) is 16.3. The zero-order valence-electron chi connectivity index (χ0n) is 22.1. The molecule has 0 aromatic heterocycles. The van der Waals surface area contributed by atoms with E-state index in [2.05, 4.69) is 30.5 Å². The van der Waals surface area contributed by atoms with E-state index in [0.717, 1.165) is 29.7 Å². The second kappa shape index (κ2) is 19.1. The van der Waals surface area contributed by atoms with Crippen LogP contribution >= 0.6 is 0 Å². The summed E-state index contributed by atoms with van der Waals surface area (Å²) in [5, 5.41) is 0. The molecular weight excluding hydrogens is 442 g/mol. The smallest absolute Gasteiger partial charge is 0.266 e. The van der Waals surface area contributed by atoms with Gasteiger partial charge < -0.3 is 0 Å². The molecule has 0 unspecified atom stereocenters. The van der Waals surface area contributed by atoms with Crippen LogP contribution in [0.25, 0.3) is 5.57 Å². The van der Waals surface area contributed by atoms with Gasteiger partial charge in [-0.2, -0.15) is 8.42 Å². The highest BCUT2D eigenvalue weighted by Gasteiger charge is 2.13. The molecule has 0 fully saturated rings. The minimum atomic E-state index is -3.96. The molecule has 0 radical (unpaired) electrons. The van der Waals surface area contributed by atoms with E-state index >= 15 is 0 Å². The van der Waals surface area contributed by atoms with Crippen molar-refractivity contribution >= 4 is 15.7 Å². The van der Waals surface area contributed by atoms with Crippen molar-refractivity contribution in [2.75, 3.05) is 18.8 Å². The molecule has 0 heterocycles. The molecule has 1 aromatic rings. The highest BCUT2D eigenvalue weighted by molar-refractivity contribution is 7.85. The molecule has 1 rings (SSSR count). The van der Waals surface area contributed by atoms with Crippen LogP contribution < -0.4 is 0 Å². The maximum absolute atomic E-state index is 11.3. The van der Waals surface area contributed by atoms with Crippen molar-refractivity contribution in [3.63, 3.8) is 0 Å². The Morgan fingerprint density at radius 1 is 0.794 bits per heavy atom. The Hall–Kier alpha value is -1.17. The summed E-state index contributed by atoms with van der Waals surface area (Å²) in [6.07, 6.45) is 20.0. The van der Waals surface area contributed by atoms with Crippen molar-refractivity contribution in [2.24, 2.45) is 0 Å². The van der Waals surface area contributed by atoms with Gasteiger partial charge in [0, 0.05) is 13.1 Å². The van der Waals surface area contributed by atoms with Crippen molar-refractivity contribution in [3.8, 4) is 0 Å². The zero-order valence-corrected chi connectivity index (χ0v) is 22.9. The Bertz CT molecular complexity index is 760. The summed E-state index contributed by atoms with van der Waals surface area (Å²) in [6, 6.07) is 8.16. The Kier molecular flexibility index (Phi) is 17.3. The maximum atomic E-state index is 11.3. The standard InChI is InChI=1S/C29H51NO3S/c1-4-5-6-7-8-9-10-11-12-13-14-15-16-17-20-23-30(24-25-34(31,32)33)26-28-21-18-19-22-29(28)27(2)3/h18-19,21-22H,2,4-17,20,23-26H2,1,3H3,(H,31,32,33). The average Bonchev–Trinajstić information content (AvgIpc) is 2.79. The topological polar surface area (TPSA) is 57.6 Å². The number of benzene rings is 1. The van der Waals surface area contributed by atoms with E-state index in [1.165, 1.54) is 89.9 Å². The lowest BCUT2D eigenvalue weighted by Gasteiger charge is -2.23. The van der Waals surface area contributed by atoms with E-state index in [-0.39, 0.29) is 5.75 Å². The van der Waals surface area contributed by atoms with Gasteiger partial charge in [-0.15, -0.1) is 0 Å². The van der Waals surface area contributed by atoms with Crippen LogP contribution in [0.4, 0.5) is 0 Å². The first kappa shape index (κ1) is 30.9. The molecule has 34 heavy (non-hydrogen) atoms. The van der Waals surface area contributed by atoms with E-state index in [4.69, 9.17) is 0 Å². The molecule has 0 spiro atoms. The largest absolute Gasteiger partial charge is 0.298 e. The predicted octanol–water partition coefficient (Wildman–Crippen LogP) is 8.28. The Labute approximate surface area is 211 Å². The van der Waals surface area contributed by atoms with Crippen LogP contribution in [0, 0.1) is 0 Å². The molecule has 4 nitrogen and oxygen atoms in total. The molecule has 0 amide bonds. The summed E-state index contributed by atoms with van der Waals surface area (Å²) < 4.78 is 31.8. The summed E-state index contributed by atoms with van der Waals surface area (Å²) in [7, 11) is -3.96. The van der Waals surface area contributed by atoms with Crippen molar-refractivity contribution in [3.05, 3.63) is 42.0 Å². The molecule has 196 valence electrons. The van der Waals surface area contributed by atoms with Crippen LogP contribution in [0.2, 0.25) is 0 Å². The summed E-state index contributed by atoms with van der Waals surface area (Å²) in [4.78, 5) is 2.15. The maximum Gasteiger partial charge on any atom is 0.266 e. The van der Waals surface area contributed by atoms with E-state index < -0.39 is 10.1 Å². The monoisotopic (exact) mass is 493 g/mol. The molecule has 1 aromatic carbocycles. The van der Waals surface area contributed by atoms with Gasteiger partial charge in [-0.3, -0.25) is 9.45 Å². The van der Waals surface area contributed by atoms with Gasteiger partial charge in [0.05, 0.1) is 5.75 Å². The Balaban J connectivity index is 2.21. The number of hydrogen-bond donors (Lipinski definition) is 1. The van der Waals surface area contributed by atoms with E-state index in [1.54, 1.807) is 0 Å². The molecule has 1 N–H and O–H groups in total. The van der Waals surface area contributed by atoms with Crippen LogP contribution in [0.15, 0.2) is 30.8 Å². The van der Waals surface area contributed by atoms with Gasteiger partial charge in [0.25, 0.3) is 10.1 Å². The third kappa shape index (κ3) is 16.5. The van der Waals surface area contributed by atoms with E-state index in [1.807, 2.05) is 19.1 Å². The van der Waals surface area contributed by atoms with Crippen molar-refractivity contribution in [1.29, 1.82) is 0 Å². The van der Waals surface area contributed by atoms with Gasteiger partial charge >= 0.3 is 0 Å². The van der Waals surface area contributed by atoms with Crippen molar-refractivity contribution in [1.82, 2.24) is 4.90 Å².